The summed E-state index contributed by atoms with van der Waals surface area (Å²) in [6.07, 6.45) is 0. The molecule has 0 heterocycles. The van der Waals surface area contributed by atoms with E-state index in [0.717, 1.165) is 5.56 Å². The molecule has 4 nitrogen and oxygen atoms in total. The minimum Gasteiger partial charge on any atom is -0.496 e. The predicted molar refractivity (Wildman–Crippen MR) is 79.7 cm³/mol. The van der Waals surface area contributed by atoms with Crippen molar-refractivity contribution in [3.05, 3.63) is 59.7 Å². The van der Waals surface area contributed by atoms with Gasteiger partial charge in [-0.15, -0.1) is 0 Å². The van der Waals surface area contributed by atoms with E-state index in [-0.39, 0.29) is 11.9 Å². The summed E-state index contributed by atoms with van der Waals surface area (Å²) in [7, 11) is 1.55. The van der Waals surface area contributed by atoms with Crippen molar-refractivity contribution in [2.24, 2.45) is 0 Å². The number of nitrogens with two attached hydrogens (primary N) is 1. The topological polar surface area (TPSA) is 64.3 Å². The van der Waals surface area contributed by atoms with Gasteiger partial charge in [0, 0.05) is 5.69 Å². The third-order valence-electron chi connectivity index (χ3n) is 3.14. The zero-order valence-electron chi connectivity index (χ0n) is 11.6. The number of hydrogen-bond donors (Lipinski definition) is 2. The molecular weight excluding hydrogens is 252 g/mol. The summed E-state index contributed by atoms with van der Waals surface area (Å²) in [6.45, 7) is 1.93. The molecule has 2 rings (SSSR count). The van der Waals surface area contributed by atoms with Gasteiger partial charge in [-0.3, -0.25) is 4.79 Å². The van der Waals surface area contributed by atoms with Gasteiger partial charge in [0.1, 0.15) is 5.75 Å². The second kappa shape index (κ2) is 6.10. The smallest absolute Gasteiger partial charge is 0.255 e. The highest BCUT2D eigenvalue weighted by Crippen LogP contribution is 2.19. The number of benzene rings is 2. The van der Waals surface area contributed by atoms with Crippen LogP contribution in [0.25, 0.3) is 0 Å². The fraction of sp³-hybridized carbons (Fsp3) is 0.188. The number of methoxy groups -OCH3 is 1. The Hall–Kier alpha value is -2.49. The van der Waals surface area contributed by atoms with Gasteiger partial charge in [0.15, 0.2) is 0 Å². The first kappa shape index (κ1) is 13.9. The van der Waals surface area contributed by atoms with Crippen LogP contribution in [0.2, 0.25) is 0 Å². The van der Waals surface area contributed by atoms with Crippen molar-refractivity contribution in [2.45, 2.75) is 13.0 Å². The Labute approximate surface area is 118 Å². The molecule has 4 heteroatoms. The standard InChI is InChI=1S/C16H18N2O2/c1-11(12-7-9-13(17)10-8-12)18-16(19)14-5-3-4-6-15(14)20-2/h3-11H,17H2,1-2H3,(H,18,19). The van der Waals surface area contributed by atoms with E-state index in [1.165, 1.54) is 0 Å². The van der Waals surface area contributed by atoms with Gasteiger partial charge in [0.25, 0.3) is 5.91 Å². The number of para-hydroxylation sites is 1. The molecule has 2 aromatic rings. The predicted octanol–water partition coefficient (Wildman–Crippen LogP) is 2.77. The van der Waals surface area contributed by atoms with Crippen LogP contribution in [0.5, 0.6) is 5.75 Å². The average molecular weight is 270 g/mol. The number of hydrogen-bond acceptors (Lipinski definition) is 3. The van der Waals surface area contributed by atoms with E-state index in [9.17, 15) is 4.79 Å². The van der Waals surface area contributed by atoms with E-state index < -0.39 is 0 Å². The van der Waals surface area contributed by atoms with E-state index in [1.807, 2.05) is 43.3 Å². The molecule has 104 valence electrons. The first-order valence-electron chi connectivity index (χ1n) is 6.41. The van der Waals surface area contributed by atoms with Gasteiger partial charge in [-0.05, 0) is 36.8 Å². The molecule has 0 spiro atoms. The molecular formula is C16H18N2O2. The number of carbonyl (C=O) groups is 1. The molecule has 0 bridgehead atoms. The number of ether oxygens (including phenoxy) is 1. The molecule has 0 aliphatic carbocycles. The molecule has 0 aliphatic heterocycles. The fourth-order valence-corrected chi connectivity index (χ4v) is 1.97. The molecule has 0 fully saturated rings. The lowest BCUT2D eigenvalue weighted by Gasteiger charge is -2.15. The molecule has 20 heavy (non-hydrogen) atoms. The summed E-state index contributed by atoms with van der Waals surface area (Å²) in [4.78, 5) is 12.3. The lowest BCUT2D eigenvalue weighted by Crippen LogP contribution is -2.27. The third kappa shape index (κ3) is 3.09. The summed E-state index contributed by atoms with van der Waals surface area (Å²) in [5, 5.41) is 2.95. The Kier molecular flexibility index (Phi) is 4.25. The fourth-order valence-electron chi connectivity index (χ4n) is 1.97. The molecule has 0 aliphatic rings. The summed E-state index contributed by atoms with van der Waals surface area (Å²) in [6, 6.07) is 14.5. The SMILES string of the molecule is COc1ccccc1C(=O)NC(C)c1ccc(N)cc1. The van der Waals surface area contributed by atoms with E-state index in [0.29, 0.717) is 17.0 Å². The van der Waals surface area contributed by atoms with Gasteiger partial charge in [0.05, 0.1) is 18.7 Å². The lowest BCUT2D eigenvalue weighted by molar-refractivity contribution is 0.0937. The van der Waals surface area contributed by atoms with Crippen molar-refractivity contribution < 1.29 is 9.53 Å². The number of amides is 1. The van der Waals surface area contributed by atoms with Crippen LogP contribution in [0.1, 0.15) is 28.9 Å². The van der Waals surface area contributed by atoms with Crippen LogP contribution >= 0.6 is 0 Å². The number of carbonyl (C=O) groups excluding carboxylic acids is 1. The lowest BCUT2D eigenvalue weighted by atomic mass is 10.1. The zero-order chi connectivity index (χ0) is 14.5. The van der Waals surface area contributed by atoms with Crippen LogP contribution in [0, 0.1) is 0 Å². The van der Waals surface area contributed by atoms with Gasteiger partial charge in [0.2, 0.25) is 0 Å². The van der Waals surface area contributed by atoms with Crippen LogP contribution in [0.15, 0.2) is 48.5 Å². The summed E-state index contributed by atoms with van der Waals surface area (Å²) in [5.74, 6) is 0.404. The normalized spacial score (nSPS) is 11.7. The van der Waals surface area contributed by atoms with Gasteiger partial charge in [-0.25, -0.2) is 0 Å². The second-order valence-corrected chi connectivity index (χ2v) is 4.56. The monoisotopic (exact) mass is 270 g/mol. The molecule has 0 saturated heterocycles. The van der Waals surface area contributed by atoms with E-state index >= 15 is 0 Å². The maximum Gasteiger partial charge on any atom is 0.255 e. The number of nitrogens with one attached hydrogen (secondary N) is 1. The third-order valence-corrected chi connectivity index (χ3v) is 3.14. The molecule has 0 saturated carbocycles. The van der Waals surface area contributed by atoms with Gasteiger partial charge < -0.3 is 15.8 Å². The molecule has 0 aromatic heterocycles. The molecule has 1 amide bonds. The Morgan fingerprint density at radius 1 is 1.15 bits per heavy atom. The summed E-state index contributed by atoms with van der Waals surface area (Å²) >= 11 is 0. The van der Waals surface area contributed by atoms with E-state index in [1.54, 1.807) is 19.2 Å². The Bertz CT molecular complexity index is 594. The first-order valence-corrected chi connectivity index (χ1v) is 6.41. The molecule has 1 unspecified atom stereocenters. The first-order chi connectivity index (χ1) is 9.61. The molecule has 3 N–H and O–H groups in total. The molecule has 0 radical (unpaired) electrons. The average Bonchev–Trinajstić information content (AvgIpc) is 2.47. The number of nitrogen functional groups attached to an aromatic ring is 1. The van der Waals surface area contributed by atoms with Crippen molar-refractivity contribution in [2.75, 3.05) is 12.8 Å². The Morgan fingerprint density at radius 3 is 2.45 bits per heavy atom. The summed E-state index contributed by atoms with van der Waals surface area (Å²) in [5.41, 5.74) is 7.89. The van der Waals surface area contributed by atoms with Gasteiger partial charge >= 0.3 is 0 Å². The van der Waals surface area contributed by atoms with Crippen molar-refractivity contribution in [3.63, 3.8) is 0 Å². The van der Waals surface area contributed by atoms with Crippen LogP contribution in [-0.2, 0) is 0 Å². The van der Waals surface area contributed by atoms with Crippen LogP contribution in [0.4, 0.5) is 5.69 Å². The van der Waals surface area contributed by atoms with Crippen molar-refractivity contribution in [1.82, 2.24) is 5.32 Å². The Balaban J connectivity index is 2.13. The van der Waals surface area contributed by atoms with Crippen LogP contribution in [-0.4, -0.2) is 13.0 Å². The molecule has 2 aromatic carbocycles. The van der Waals surface area contributed by atoms with Crippen molar-refractivity contribution >= 4 is 11.6 Å². The largest absolute Gasteiger partial charge is 0.496 e. The minimum absolute atomic E-state index is 0.104. The second-order valence-electron chi connectivity index (χ2n) is 4.56. The van der Waals surface area contributed by atoms with Crippen molar-refractivity contribution in [3.8, 4) is 5.75 Å². The Morgan fingerprint density at radius 2 is 1.80 bits per heavy atom. The van der Waals surface area contributed by atoms with Gasteiger partial charge in [-0.2, -0.15) is 0 Å². The summed E-state index contributed by atoms with van der Waals surface area (Å²) < 4.78 is 5.19. The minimum atomic E-state index is -0.160. The van der Waals surface area contributed by atoms with Crippen LogP contribution < -0.4 is 15.8 Å². The zero-order valence-corrected chi connectivity index (χ0v) is 11.6. The van der Waals surface area contributed by atoms with E-state index in [4.69, 9.17) is 10.5 Å². The number of anilines is 1. The number of rotatable bonds is 4. The van der Waals surface area contributed by atoms with Crippen LogP contribution in [0.3, 0.4) is 0 Å². The van der Waals surface area contributed by atoms with E-state index in [2.05, 4.69) is 5.32 Å². The highest BCUT2D eigenvalue weighted by Gasteiger charge is 2.14. The quantitative estimate of drug-likeness (QED) is 0.840. The van der Waals surface area contributed by atoms with Crippen molar-refractivity contribution in [1.29, 1.82) is 0 Å². The highest BCUT2D eigenvalue weighted by atomic mass is 16.5. The molecule has 1 atom stereocenters. The maximum absolute atomic E-state index is 12.3. The van der Waals surface area contributed by atoms with Gasteiger partial charge in [-0.1, -0.05) is 24.3 Å². The maximum atomic E-state index is 12.3. The highest BCUT2D eigenvalue weighted by molar-refractivity contribution is 5.97.